The van der Waals surface area contributed by atoms with E-state index in [0.717, 1.165) is 49.3 Å². The molecule has 2 heterocycles. The van der Waals surface area contributed by atoms with Gasteiger partial charge in [-0.1, -0.05) is 67.8 Å². The van der Waals surface area contributed by atoms with E-state index in [9.17, 15) is 33.7 Å². The first-order valence-electron chi connectivity index (χ1n) is 23.5. The second kappa shape index (κ2) is 22.6. The minimum atomic E-state index is -4.33. The minimum Gasteiger partial charge on any atom is -0.494 e. The predicted octanol–water partition coefficient (Wildman–Crippen LogP) is 8.33. The average molecular weight is 1050 g/mol. The molecule has 1 saturated heterocycles. The Hall–Kier alpha value is -5.29. The van der Waals surface area contributed by atoms with E-state index < -0.39 is 45.9 Å². The van der Waals surface area contributed by atoms with Gasteiger partial charge in [0.1, 0.15) is 17.3 Å². The van der Waals surface area contributed by atoms with Crippen LogP contribution in [0.15, 0.2) is 158 Å². The lowest BCUT2D eigenvalue weighted by Gasteiger charge is -2.24. The van der Waals surface area contributed by atoms with E-state index in [-0.39, 0.29) is 70.0 Å². The summed E-state index contributed by atoms with van der Waals surface area (Å²) in [7, 11) is -16.4. The Balaban J connectivity index is 1.03. The third kappa shape index (κ3) is 12.9. The van der Waals surface area contributed by atoms with Gasteiger partial charge in [0.2, 0.25) is 40.1 Å². The van der Waals surface area contributed by atoms with Gasteiger partial charge in [0.05, 0.1) is 45.1 Å². The van der Waals surface area contributed by atoms with Crippen LogP contribution in [-0.2, 0) is 71.0 Å². The van der Waals surface area contributed by atoms with Crippen LogP contribution in [0.3, 0.4) is 0 Å². The number of hydrogen-bond acceptors (Lipinski definition) is 11. The fraction of sp³-hybridized carbons (Fsp3) is 0.333. The molecule has 6 aromatic rings. The van der Waals surface area contributed by atoms with Crippen molar-refractivity contribution in [1.29, 1.82) is 0 Å². The van der Waals surface area contributed by atoms with Crippen molar-refractivity contribution in [3.05, 3.63) is 162 Å². The van der Waals surface area contributed by atoms with Crippen molar-refractivity contribution >= 4 is 40.1 Å². The second-order valence-corrected chi connectivity index (χ2v) is 24.9. The maximum atomic E-state index is 15.1. The first kappa shape index (κ1) is 52.0. The summed E-state index contributed by atoms with van der Waals surface area (Å²) in [6, 6.07) is 31.5. The number of halogens is 1. The molecule has 1 aliphatic carbocycles. The van der Waals surface area contributed by atoms with Crippen molar-refractivity contribution in [3.8, 4) is 16.9 Å². The molecule has 20 heteroatoms. The molecule has 1 aromatic heterocycles. The SMILES string of the molecule is CCOc1ccc(-c2ccc(CN(Cc3ccccc3F)S(=O)(=O)c3ccc(S(=O)(=O)NCC4CCCO4)cc3)cc2)cc1CN(Cc1ccco1)S(=O)(=O)c1ccc(S(=O)(=O)NC2CCCCC2)cc1. The van der Waals surface area contributed by atoms with Crippen molar-refractivity contribution in [3.63, 3.8) is 0 Å². The number of furan rings is 1. The third-order valence-corrected chi connectivity index (χ3v) is 19.2. The molecule has 2 aliphatic rings. The fourth-order valence-electron chi connectivity index (χ4n) is 8.70. The second-order valence-electron chi connectivity index (χ2n) is 17.6. The fourth-order valence-corrected chi connectivity index (χ4v) is 13.9. The van der Waals surface area contributed by atoms with Gasteiger partial charge < -0.3 is 13.9 Å². The Morgan fingerprint density at radius 1 is 0.606 bits per heavy atom. The molecule has 0 radical (unpaired) electrons. The van der Waals surface area contributed by atoms with Crippen LogP contribution < -0.4 is 14.2 Å². The maximum Gasteiger partial charge on any atom is 0.243 e. The lowest BCUT2D eigenvalue weighted by atomic mass is 9.96. The molecule has 15 nitrogen and oxygen atoms in total. The van der Waals surface area contributed by atoms with Gasteiger partial charge in [0.25, 0.3) is 0 Å². The van der Waals surface area contributed by atoms with Crippen LogP contribution in [0.25, 0.3) is 11.1 Å². The summed E-state index contributed by atoms with van der Waals surface area (Å²) in [4.78, 5) is -0.437. The molecule has 378 valence electrons. The molecular weight excluding hydrogens is 992 g/mol. The van der Waals surface area contributed by atoms with Gasteiger partial charge in [0.15, 0.2) is 0 Å². The van der Waals surface area contributed by atoms with Crippen LogP contribution >= 0.6 is 0 Å². The standard InChI is InChI=1S/C51H57FN4O11S4/c1-2-65-51-29-20-40(32-42(51)36-56(37-45-14-9-31-67-45)71(63,64)49-27-23-47(24-28-49)69(59,60)54-43-11-4-3-5-12-43)39-18-16-38(17-19-39)34-55(35-41-10-6-7-15-50(41)52)70(61,62)48-25-21-46(22-26-48)68(57,58)53-33-44-13-8-30-66-44/h6-7,9-10,14-29,31-32,43-44,53-54H,2-5,8,11-13,30,33-37H2,1H3. The number of nitrogens with one attached hydrogen (secondary N) is 2. The lowest BCUT2D eigenvalue weighted by molar-refractivity contribution is 0.114. The van der Waals surface area contributed by atoms with Gasteiger partial charge in [-0.25, -0.2) is 47.5 Å². The Kier molecular flexibility index (Phi) is 16.6. The van der Waals surface area contributed by atoms with Gasteiger partial charge >= 0.3 is 0 Å². The maximum absolute atomic E-state index is 15.1. The smallest absolute Gasteiger partial charge is 0.243 e. The highest BCUT2D eigenvalue weighted by Crippen LogP contribution is 2.32. The zero-order valence-corrected chi connectivity index (χ0v) is 42.4. The van der Waals surface area contributed by atoms with Crippen molar-refractivity contribution in [2.75, 3.05) is 19.8 Å². The average Bonchev–Trinajstić information content (AvgIpc) is 4.10. The van der Waals surface area contributed by atoms with Crippen molar-refractivity contribution < 1.29 is 52.0 Å². The quantitative estimate of drug-likeness (QED) is 0.0663. The Labute approximate surface area is 416 Å². The highest BCUT2D eigenvalue weighted by molar-refractivity contribution is 7.90. The van der Waals surface area contributed by atoms with E-state index in [0.29, 0.717) is 47.0 Å². The van der Waals surface area contributed by atoms with E-state index in [1.54, 1.807) is 48.5 Å². The number of rotatable bonds is 22. The number of hydrogen-bond donors (Lipinski definition) is 2. The number of sulfonamides is 4. The monoisotopic (exact) mass is 1050 g/mol. The topological polar surface area (TPSA) is 199 Å². The molecule has 2 fully saturated rings. The number of nitrogens with zero attached hydrogens (tertiary/aromatic N) is 2. The van der Waals surface area contributed by atoms with E-state index in [1.807, 2.05) is 19.1 Å². The van der Waals surface area contributed by atoms with Gasteiger partial charge in [-0.3, -0.25) is 0 Å². The summed E-state index contributed by atoms with van der Waals surface area (Å²) in [5.41, 5.74) is 2.64. The summed E-state index contributed by atoms with van der Waals surface area (Å²) in [5, 5.41) is 0. The van der Waals surface area contributed by atoms with Crippen LogP contribution in [0.1, 0.15) is 74.3 Å². The molecule has 1 unspecified atom stereocenters. The summed E-state index contributed by atoms with van der Waals surface area (Å²) in [6.07, 6.45) is 7.24. The zero-order valence-electron chi connectivity index (χ0n) is 39.2. The van der Waals surface area contributed by atoms with Crippen molar-refractivity contribution in [2.24, 2.45) is 0 Å². The Morgan fingerprint density at radius 3 is 1.82 bits per heavy atom. The highest BCUT2D eigenvalue weighted by atomic mass is 32.2. The van der Waals surface area contributed by atoms with Gasteiger partial charge in [-0.05, 0) is 128 Å². The van der Waals surface area contributed by atoms with Crippen molar-refractivity contribution in [1.82, 2.24) is 18.1 Å². The first-order chi connectivity index (χ1) is 34.0. The molecule has 0 spiro atoms. The van der Waals surface area contributed by atoms with Gasteiger partial charge in [-0.15, -0.1) is 0 Å². The summed E-state index contributed by atoms with van der Waals surface area (Å²) in [5.74, 6) is 0.232. The molecular formula is C51H57FN4O11S4. The molecule has 1 saturated carbocycles. The van der Waals surface area contributed by atoms with Crippen LogP contribution in [-0.4, -0.2) is 74.2 Å². The van der Waals surface area contributed by atoms with Crippen LogP contribution in [0, 0.1) is 5.82 Å². The van der Waals surface area contributed by atoms with Gasteiger partial charge in [-0.2, -0.15) is 8.61 Å². The molecule has 0 amide bonds. The van der Waals surface area contributed by atoms with Crippen LogP contribution in [0.2, 0.25) is 0 Å². The molecule has 2 N–H and O–H groups in total. The minimum absolute atomic E-state index is 0.0321. The summed E-state index contributed by atoms with van der Waals surface area (Å²) in [6.45, 7) is 1.97. The van der Waals surface area contributed by atoms with E-state index in [2.05, 4.69) is 9.44 Å². The molecule has 5 aromatic carbocycles. The molecule has 71 heavy (non-hydrogen) atoms. The summed E-state index contributed by atoms with van der Waals surface area (Å²) >= 11 is 0. The molecule has 8 rings (SSSR count). The predicted molar refractivity (Wildman–Crippen MR) is 265 cm³/mol. The largest absolute Gasteiger partial charge is 0.494 e. The first-order valence-corrected chi connectivity index (χ1v) is 29.3. The Bertz CT molecular complexity index is 3200. The van der Waals surface area contributed by atoms with E-state index in [1.165, 1.54) is 77.3 Å². The summed E-state index contributed by atoms with van der Waals surface area (Å²) < 4.78 is 150. The van der Waals surface area contributed by atoms with Crippen LogP contribution in [0.4, 0.5) is 4.39 Å². The lowest BCUT2D eigenvalue weighted by Crippen LogP contribution is -2.36. The highest BCUT2D eigenvalue weighted by Gasteiger charge is 2.30. The van der Waals surface area contributed by atoms with E-state index >= 15 is 4.39 Å². The van der Waals surface area contributed by atoms with Crippen molar-refractivity contribution in [2.45, 2.75) is 110 Å². The number of benzene rings is 5. The molecule has 1 atom stereocenters. The molecule has 1 aliphatic heterocycles. The van der Waals surface area contributed by atoms with E-state index in [4.69, 9.17) is 13.9 Å². The zero-order chi connectivity index (χ0) is 50.2. The normalized spacial score (nSPS) is 16.2. The third-order valence-electron chi connectivity index (χ3n) is 12.6. The van der Waals surface area contributed by atoms with Gasteiger partial charge in [0, 0.05) is 50.0 Å². The Morgan fingerprint density at radius 2 is 1.21 bits per heavy atom. The number of ether oxygens (including phenoxy) is 2. The molecule has 0 bridgehead atoms. The van der Waals surface area contributed by atoms with Crippen LogP contribution in [0.5, 0.6) is 5.75 Å².